The van der Waals surface area contributed by atoms with E-state index < -0.39 is 40.0 Å². The Kier molecular flexibility index (Phi) is 4.54. The summed E-state index contributed by atoms with van der Waals surface area (Å²) < 4.78 is 28.3. The number of aliphatic carboxylic acids is 1. The number of terminal acetylenes is 1. The van der Waals surface area contributed by atoms with Crippen LogP contribution in [0.2, 0.25) is 0 Å². The van der Waals surface area contributed by atoms with Crippen molar-refractivity contribution in [1.82, 2.24) is 4.90 Å². The number of hydrogen-bond donors (Lipinski definition) is 1. The van der Waals surface area contributed by atoms with Gasteiger partial charge in [0.1, 0.15) is 6.10 Å². The van der Waals surface area contributed by atoms with Crippen LogP contribution in [-0.2, 0) is 24.2 Å². The molecule has 2 fully saturated rings. The fourth-order valence-corrected chi connectivity index (χ4v) is 4.42. The lowest BCUT2D eigenvalue weighted by molar-refractivity contribution is -0.155. The number of carboxylic acids is 1. The zero-order chi connectivity index (χ0) is 15.6. The molecule has 0 saturated carbocycles. The van der Waals surface area contributed by atoms with Gasteiger partial charge < -0.3 is 14.7 Å². The Bertz CT molecular complexity index is 578. The van der Waals surface area contributed by atoms with Crippen molar-refractivity contribution >= 4 is 21.7 Å². The van der Waals surface area contributed by atoms with Crippen molar-refractivity contribution in [3.05, 3.63) is 0 Å². The van der Waals surface area contributed by atoms with E-state index in [1.54, 1.807) is 0 Å². The third kappa shape index (κ3) is 3.54. The van der Waals surface area contributed by atoms with E-state index in [0.717, 1.165) is 0 Å². The van der Waals surface area contributed by atoms with Crippen LogP contribution in [0, 0.1) is 12.3 Å². The maximum absolute atomic E-state index is 12.4. The van der Waals surface area contributed by atoms with Gasteiger partial charge in [-0.3, -0.25) is 4.79 Å². The number of amides is 1. The Morgan fingerprint density at radius 1 is 1.29 bits per heavy atom. The summed E-state index contributed by atoms with van der Waals surface area (Å²) in [5, 5.41) is 8.87. The van der Waals surface area contributed by atoms with Gasteiger partial charge in [-0.1, -0.05) is 5.92 Å². The van der Waals surface area contributed by atoms with Crippen molar-refractivity contribution in [3.8, 4) is 12.3 Å². The van der Waals surface area contributed by atoms with E-state index in [4.69, 9.17) is 16.3 Å². The van der Waals surface area contributed by atoms with Crippen LogP contribution in [0.25, 0.3) is 0 Å². The molecule has 7 nitrogen and oxygen atoms in total. The molecule has 1 amide bonds. The SMILES string of the molecule is C#CCN(C(=O)[C@@H]1CC[C@H](C(=O)O)O1)C1CCS(=O)(=O)C1. The topological polar surface area (TPSA) is 101 Å². The van der Waals surface area contributed by atoms with Crippen molar-refractivity contribution in [2.24, 2.45) is 0 Å². The monoisotopic (exact) mass is 315 g/mol. The highest BCUT2D eigenvalue weighted by atomic mass is 32.2. The molecule has 0 aromatic heterocycles. The molecule has 2 aliphatic rings. The average Bonchev–Trinajstić information content (AvgIpc) is 3.01. The van der Waals surface area contributed by atoms with Crippen LogP contribution < -0.4 is 0 Å². The van der Waals surface area contributed by atoms with E-state index >= 15 is 0 Å². The van der Waals surface area contributed by atoms with E-state index in [1.807, 2.05) is 0 Å². The molecule has 0 spiro atoms. The molecule has 1 N–H and O–H groups in total. The summed E-state index contributed by atoms with van der Waals surface area (Å²) in [4.78, 5) is 24.6. The Balaban J connectivity index is 2.07. The standard InChI is InChI=1S/C13H17NO6S/c1-2-6-14(9-5-7-21(18,19)8-9)12(15)10-3-4-11(20-10)13(16)17/h1,9-11H,3-8H2,(H,16,17)/t9?,10-,11+/m0/s1. The largest absolute Gasteiger partial charge is 0.479 e. The Labute approximate surface area is 123 Å². The summed E-state index contributed by atoms with van der Waals surface area (Å²) in [6, 6.07) is -0.453. The molecule has 2 aliphatic heterocycles. The highest BCUT2D eigenvalue weighted by Crippen LogP contribution is 2.25. The Morgan fingerprint density at radius 2 is 1.95 bits per heavy atom. The molecule has 2 heterocycles. The van der Waals surface area contributed by atoms with Gasteiger partial charge in [-0.2, -0.15) is 0 Å². The summed E-state index contributed by atoms with van der Waals surface area (Å²) in [5.74, 6) is 0.767. The summed E-state index contributed by atoms with van der Waals surface area (Å²) in [5.41, 5.74) is 0. The van der Waals surface area contributed by atoms with Gasteiger partial charge in [0, 0.05) is 6.04 Å². The predicted octanol–water partition coefficient (Wildman–Crippen LogP) is -0.732. The molecule has 0 aromatic carbocycles. The van der Waals surface area contributed by atoms with E-state index in [0.29, 0.717) is 12.8 Å². The van der Waals surface area contributed by atoms with E-state index in [9.17, 15) is 18.0 Å². The molecule has 0 aromatic rings. The van der Waals surface area contributed by atoms with E-state index in [-0.39, 0.29) is 24.5 Å². The first-order valence-electron chi connectivity index (χ1n) is 6.66. The molecule has 8 heteroatoms. The number of carbonyl (C=O) groups excluding carboxylic acids is 1. The summed E-state index contributed by atoms with van der Waals surface area (Å²) in [6.07, 6.45) is 4.32. The smallest absolute Gasteiger partial charge is 0.332 e. The molecule has 3 atom stereocenters. The first-order valence-corrected chi connectivity index (χ1v) is 8.49. The molecule has 0 aliphatic carbocycles. The summed E-state index contributed by atoms with van der Waals surface area (Å²) in [6.45, 7) is -0.00336. The molecule has 0 radical (unpaired) electrons. The summed E-state index contributed by atoms with van der Waals surface area (Å²) >= 11 is 0. The minimum absolute atomic E-state index is 0.00336. The van der Waals surface area contributed by atoms with E-state index in [2.05, 4.69) is 5.92 Å². The molecular formula is C13H17NO6S. The molecule has 2 saturated heterocycles. The molecule has 1 unspecified atom stereocenters. The number of hydrogen-bond acceptors (Lipinski definition) is 5. The van der Waals surface area contributed by atoms with Gasteiger partial charge in [0.2, 0.25) is 0 Å². The maximum Gasteiger partial charge on any atom is 0.332 e. The fourth-order valence-electron chi connectivity index (χ4n) is 2.69. The van der Waals surface area contributed by atoms with Gasteiger partial charge in [-0.15, -0.1) is 6.42 Å². The van der Waals surface area contributed by atoms with Crippen LogP contribution in [-0.4, -0.2) is 66.6 Å². The lowest BCUT2D eigenvalue weighted by Gasteiger charge is -2.28. The molecular weight excluding hydrogens is 298 g/mol. The molecule has 0 bridgehead atoms. The fraction of sp³-hybridized carbons (Fsp3) is 0.692. The van der Waals surface area contributed by atoms with Gasteiger partial charge in [-0.05, 0) is 19.3 Å². The third-order valence-electron chi connectivity index (χ3n) is 3.76. The zero-order valence-electron chi connectivity index (χ0n) is 11.4. The van der Waals surface area contributed by atoms with Crippen LogP contribution in [0.5, 0.6) is 0 Å². The highest BCUT2D eigenvalue weighted by Gasteiger charge is 2.41. The minimum atomic E-state index is -3.14. The number of carboxylic acid groups (broad SMARTS) is 1. The van der Waals surface area contributed by atoms with Gasteiger partial charge in [0.25, 0.3) is 5.91 Å². The second kappa shape index (κ2) is 6.03. The number of ether oxygens (including phenoxy) is 1. The van der Waals surface area contributed by atoms with Crippen LogP contribution in [0.1, 0.15) is 19.3 Å². The maximum atomic E-state index is 12.4. The predicted molar refractivity (Wildman–Crippen MR) is 73.1 cm³/mol. The number of carbonyl (C=O) groups is 2. The second-order valence-electron chi connectivity index (χ2n) is 5.26. The first kappa shape index (κ1) is 15.8. The van der Waals surface area contributed by atoms with Crippen molar-refractivity contribution < 1.29 is 27.9 Å². The van der Waals surface area contributed by atoms with Crippen molar-refractivity contribution in [2.75, 3.05) is 18.1 Å². The van der Waals surface area contributed by atoms with Crippen LogP contribution in [0.15, 0.2) is 0 Å². The van der Waals surface area contributed by atoms with Crippen LogP contribution in [0.4, 0.5) is 0 Å². The van der Waals surface area contributed by atoms with Gasteiger partial charge in [-0.25, -0.2) is 13.2 Å². The second-order valence-corrected chi connectivity index (χ2v) is 7.48. The van der Waals surface area contributed by atoms with Crippen molar-refractivity contribution in [1.29, 1.82) is 0 Å². The normalized spacial score (nSPS) is 30.7. The van der Waals surface area contributed by atoms with Gasteiger partial charge in [0.05, 0.1) is 18.1 Å². The zero-order valence-corrected chi connectivity index (χ0v) is 12.2. The number of sulfone groups is 1. The molecule has 2 rings (SSSR count). The number of nitrogens with zero attached hydrogens (tertiary/aromatic N) is 1. The average molecular weight is 315 g/mol. The van der Waals surface area contributed by atoms with Gasteiger partial charge >= 0.3 is 5.97 Å². The molecule has 116 valence electrons. The quantitative estimate of drug-likeness (QED) is 0.686. The minimum Gasteiger partial charge on any atom is -0.479 e. The first-order chi connectivity index (χ1) is 9.84. The molecule has 21 heavy (non-hydrogen) atoms. The van der Waals surface area contributed by atoms with Crippen molar-refractivity contribution in [2.45, 2.75) is 37.5 Å². The Hall–Kier alpha value is -1.59. The third-order valence-corrected chi connectivity index (χ3v) is 5.51. The summed E-state index contributed by atoms with van der Waals surface area (Å²) in [7, 11) is -3.14. The van der Waals surface area contributed by atoms with E-state index in [1.165, 1.54) is 4.90 Å². The lowest BCUT2D eigenvalue weighted by Crippen LogP contribution is -2.46. The number of rotatable bonds is 4. The Morgan fingerprint density at radius 3 is 2.43 bits per heavy atom. The highest BCUT2D eigenvalue weighted by molar-refractivity contribution is 7.91. The van der Waals surface area contributed by atoms with Crippen LogP contribution >= 0.6 is 0 Å². The van der Waals surface area contributed by atoms with Crippen LogP contribution in [0.3, 0.4) is 0 Å². The lowest BCUT2D eigenvalue weighted by atomic mass is 10.1. The van der Waals surface area contributed by atoms with Gasteiger partial charge in [0.15, 0.2) is 15.9 Å². The van der Waals surface area contributed by atoms with Crippen molar-refractivity contribution in [3.63, 3.8) is 0 Å².